The van der Waals surface area contributed by atoms with Crippen molar-refractivity contribution in [2.45, 2.75) is 44.3 Å². The van der Waals surface area contributed by atoms with E-state index in [0.717, 1.165) is 17.5 Å². The fraction of sp³-hybridized carbons (Fsp3) is 0.333. The van der Waals surface area contributed by atoms with Crippen molar-refractivity contribution >= 4 is 29.4 Å². The summed E-state index contributed by atoms with van der Waals surface area (Å²) >= 11 is 0. The first kappa shape index (κ1) is 29.2. The maximum Gasteiger partial charge on any atom is 0.289 e. The predicted molar refractivity (Wildman–Crippen MR) is 150 cm³/mol. The van der Waals surface area contributed by atoms with Gasteiger partial charge in [0.05, 0.1) is 17.8 Å². The van der Waals surface area contributed by atoms with Crippen molar-refractivity contribution in [3.8, 4) is 0 Å². The molecule has 0 bridgehead atoms. The first-order valence-corrected chi connectivity index (χ1v) is 13.6. The SMILES string of the molecule is Cn1cc(C(=O)N[C@@H](Cc2ccccc2)C(=O)N[C@@H](C[C@@H]2CCCNC2=O)C(=O)C(=O)NCc2ccccc2)cn1. The molecule has 4 amide bonds. The van der Waals surface area contributed by atoms with Gasteiger partial charge >= 0.3 is 0 Å². The summed E-state index contributed by atoms with van der Waals surface area (Å²) in [5.74, 6) is -3.64. The van der Waals surface area contributed by atoms with Gasteiger partial charge in [-0.3, -0.25) is 28.7 Å². The topological polar surface area (TPSA) is 151 Å². The standard InChI is InChI=1S/C30H34N6O5/c1-36-19-23(18-33-36)28(39)35-25(15-20-9-4-2-5-10-20)29(40)34-24(16-22-13-8-14-31-27(22)38)26(37)30(41)32-17-21-11-6-3-7-12-21/h2-7,9-12,18-19,22,24-25H,8,13-17H2,1H3,(H,31,38)(H,32,41)(H,34,40)(H,35,39)/t22-,24-,25-/m0/s1. The third-order valence-corrected chi connectivity index (χ3v) is 6.94. The first-order valence-electron chi connectivity index (χ1n) is 13.6. The van der Waals surface area contributed by atoms with Crippen LogP contribution in [0.5, 0.6) is 0 Å². The van der Waals surface area contributed by atoms with Gasteiger partial charge in [-0.05, 0) is 30.4 Å². The number of aromatic nitrogens is 2. The Bertz CT molecular complexity index is 1370. The number of amides is 4. The Hall–Kier alpha value is -4.80. The Labute approximate surface area is 238 Å². The van der Waals surface area contributed by atoms with Crippen LogP contribution in [-0.4, -0.2) is 57.8 Å². The number of nitrogens with zero attached hydrogens (tertiary/aromatic N) is 2. The number of piperidine rings is 1. The van der Waals surface area contributed by atoms with Crippen LogP contribution in [0.3, 0.4) is 0 Å². The van der Waals surface area contributed by atoms with E-state index >= 15 is 0 Å². The molecule has 2 aromatic carbocycles. The van der Waals surface area contributed by atoms with Crippen LogP contribution in [0.1, 0.15) is 40.7 Å². The summed E-state index contributed by atoms with van der Waals surface area (Å²) in [6.07, 6.45) is 4.27. The summed E-state index contributed by atoms with van der Waals surface area (Å²) in [4.78, 5) is 65.3. The van der Waals surface area contributed by atoms with Crippen molar-refractivity contribution in [1.82, 2.24) is 31.0 Å². The molecule has 3 aromatic rings. The summed E-state index contributed by atoms with van der Waals surface area (Å²) < 4.78 is 1.47. The second-order valence-corrected chi connectivity index (χ2v) is 10.1. The number of ketones is 1. The van der Waals surface area contributed by atoms with E-state index in [9.17, 15) is 24.0 Å². The Morgan fingerprint density at radius 1 is 0.976 bits per heavy atom. The van der Waals surface area contributed by atoms with Gasteiger partial charge in [0.1, 0.15) is 6.04 Å². The van der Waals surface area contributed by atoms with E-state index in [0.29, 0.717) is 13.0 Å². The van der Waals surface area contributed by atoms with Crippen LogP contribution in [0.2, 0.25) is 0 Å². The van der Waals surface area contributed by atoms with Crippen LogP contribution < -0.4 is 21.3 Å². The maximum absolute atomic E-state index is 13.6. The maximum atomic E-state index is 13.6. The average molecular weight is 559 g/mol. The predicted octanol–water partition coefficient (Wildman–Crippen LogP) is 1.05. The Morgan fingerprint density at radius 2 is 1.66 bits per heavy atom. The molecule has 1 aromatic heterocycles. The molecule has 214 valence electrons. The minimum absolute atomic E-state index is 0.0379. The molecule has 1 saturated heterocycles. The number of benzene rings is 2. The summed E-state index contributed by atoms with van der Waals surface area (Å²) in [6, 6.07) is 15.9. The summed E-state index contributed by atoms with van der Waals surface area (Å²) in [7, 11) is 1.67. The van der Waals surface area contributed by atoms with Crippen molar-refractivity contribution in [3.63, 3.8) is 0 Å². The van der Waals surface area contributed by atoms with Crippen LogP contribution in [0, 0.1) is 5.92 Å². The monoisotopic (exact) mass is 558 g/mol. The van der Waals surface area contributed by atoms with Crippen molar-refractivity contribution in [2.24, 2.45) is 13.0 Å². The number of carbonyl (C=O) groups is 5. The second-order valence-electron chi connectivity index (χ2n) is 10.1. The molecule has 41 heavy (non-hydrogen) atoms. The lowest BCUT2D eigenvalue weighted by Gasteiger charge is -2.27. The number of carbonyl (C=O) groups excluding carboxylic acids is 5. The molecule has 2 heterocycles. The van der Waals surface area contributed by atoms with Gasteiger partial charge in [0.25, 0.3) is 11.8 Å². The molecular weight excluding hydrogens is 524 g/mol. The van der Waals surface area contributed by atoms with Gasteiger partial charge in [0.15, 0.2) is 0 Å². The van der Waals surface area contributed by atoms with Gasteiger partial charge < -0.3 is 21.3 Å². The van der Waals surface area contributed by atoms with Crippen LogP contribution in [-0.2, 0) is 39.2 Å². The number of hydrogen-bond acceptors (Lipinski definition) is 6. The average Bonchev–Trinajstić information content (AvgIpc) is 3.43. The molecule has 0 unspecified atom stereocenters. The van der Waals surface area contributed by atoms with E-state index in [1.807, 2.05) is 60.7 Å². The molecule has 4 N–H and O–H groups in total. The molecule has 4 rings (SSSR count). The number of aryl methyl sites for hydroxylation is 1. The fourth-order valence-electron chi connectivity index (χ4n) is 4.71. The highest BCUT2D eigenvalue weighted by atomic mass is 16.2. The fourth-order valence-corrected chi connectivity index (χ4v) is 4.71. The summed E-state index contributed by atoms with van der Waals surface area (Å²) in [6.45, 7) is 0.672. The van der Waals surface area contributed by atoms with E-state index in [1.54, 1.807) is 7.05 Å². The molecule has 1 aliphatic rings. The zero-order valence-corrected chi connectivity index (χ0v) is 22.8. The quantitative estimate of drug-likeness (QED) is 0.244. The zero-order valence-electron chi connectivity index (χ0n) is 22.8. The molecule has 0 radical (unpaired) electrons. The minimum atomic E-state index is -1.26. The van der Waals surface area contributed by atoms with E-state index in [-0.39, 0.29) is 30.9 Å². The van der Waals surface area contributed by atoms with Gasteiger partial charge in [-0.25, -0.2) is 0 Å². The number of rotatable bonds is 12. The highest BCUT2D eigenvalue weighted by molar-refractivity contribution is 6.38. The molecule has 11 nitrogen and oxygen atoms in total. The smallest absolute Gasteiger partial charge is 0.289 e. The van der Waals surface area contributed by atoms with Gasteiger partial charge in [-0.1, -0.05) is 60.7 Å². The van der Waals surface area contributed by atoms with Crippen LogP contribution in [0.15, 0.2) is 73.1 Å². The van der Waals surface area contributed by atoms with Crippen LogP contribution >= 0.6 is 0 Å². The second kappa shape index (κ2) is 14.0. The lowest BCUT2D eigenvalue weighted by atomic mass is 9.89. The first-order chi connectivity index (χ1) is 19.8. The number of Topliss-reactive ketones (excluding diaryl/α,β-unsaturated/α-hetero) is 1. The third-order valence-electron chi connectivity index (χ3n) is 6.94. The van der Waals surface area contributed by atoms with Crippen molar-refractivity contribution in [2.75, 3.05) is 6.54 Å². The van der Waals surface area contributed by atoms with E-state index in [2.05, 4.69) is 26.4 Å². The Kier molecular flexibility index (Phi) is 9.98. The lowest BCUT2D eigenvalue weighted by molar-refractivity contribution is -0.141. The lowest BCUT2D eigenvalue weighted by Crippen LogP contribution is -2.55. The summed E-state index contributed by atoms with van der Waals surface area (Å²) in [5.41, 5.74) is 1.86. The van der Waals surface area contributed by atoms with Crippen LogP contribution in [0.4, 0.5) is 0 Å². The summed E-state index contributed by atoms with van der Waals surface area (Å²) in [5, 5.41) is 14.8. The molecule has 1 aliphatic heterocycles. The van der Waals surface area contributed by atoms with Crippen LogP contribution in [0.25, 0.3) is 0 Å². The molecule has 3 atom stereocenters. The van der Waals surface area contributed by atoms with Gasteiger partial charge in [0, 0.05) is 38.7 Å². The number of hydrogen-bond donors (Lipinski definition) is 4. The van der Waals surface area contributed by atoms with Crippen molar-refractivity contribution in [3.05, 3.63) is 89.7 Å². The molecule has 0 spiro atoms. The molecule has 1 fully saturated rings. The van der Waals surface area contributed by atoms with E-state index < -0.39 is 41.5 Å². The minimum Gasteiger partial charge on any atom is -0.356 e. The molecule has 11 heteroatoms. The third kappa shape index (κ3) is 8.34. The van der Waals surface area contributed by atoms with E-state index in [1.165, 1.54) is 17.1 Å². The Balaban J connectivity index is 1.52. The van der Waals surface area contributed by atoms with Gasteiger partial charge in [-0.2, -0.15) is 5.10 Å². The highest BCUT2D eigenvalue weighted by Gasteiger charge is 2.35. The van der Waals surface area contributed by atoms with Crippen molar-refractivity contribution < 1.29 is 24.0 Å². The number of nitrogens with one attached hydrogen (secondary N) is 4. The normalized spacial score (nSPS) is 16.1. The molecular formula is C30H34N6O5. The van der Waals surface area contributed by atoms with Crippen molar-refractivity contribution in [1.29, 1.82) is 0 Å². The Morgan fingerprint density at radius 3 is 2.29 bits per heavy atom. The van der Waals surface area contributed by atoms with E-state index in [4.69, 9.17) is 0 Å². The zero-order chi connectivity index (χ0) is 29.2. The van der Waals surface area contributed by atoms with Gasteiger partial charge in [0.2, 0.25) is 17.6 Å². The van der Waals surface area contributed by atoms with Gasteiger partial charge in [-0.15, -0.1) is 0 Å². The highest BCUT2D eigenvalue weighted by Crippen LogP contribution is 2.18. The largest absolute Gasteiger partial charge is 0.356 e. The molecule has 0 saturated carbocycles. The molecule has 0 aliphatic carbocycles.